The van der Waals surface area contributed by atoms with E-state index >= 15 is 4.39 Å². The number of carbonyl (C=O) groups excluding carboxylic acids is 2. The zero-order valence-electron chi connectivity index (χ0n) is 24.5. The number of para-hydroxylation sites is 1. The van der Waals surface area contributed by atoms with Gasteiger partial charge in [0.25, 0.3) is 10.0 Å². The number of anilines is 1. The van der Waals surface area contributed by atoms with Crippen LogP contribution in [0.4, 0.5) is 10.1 Å². The molecule has 0 radical (unpaired) electrons. The molecule has 0 aliphatic rings. The van der Waals surface area contributed by atoms with Crippen molar-refractivity contribution in [3.05, 3.63) is 132 Å². The van der Waals surface area contributed by atoms with Gasteiger partial charge in [0.2, 0.25) is 11.8 Å². The first kappa shape index (κ1) is 31.4. The second-order valence-corrected chi connectivity index (χ2v) is 12.5. The summed E-state index contributed by atoms with van der Waals surface area (Å²) in [7, 11) is -4.36. The summed E-state index contributed by atoms with van der Waals surface area (Å²) in [4.78, 5) is 29.3. The van der Waals surface area contributed by atoms with Crippen LogP contribution in [0.15, 0.2) is 114 Å². The van der Waals surface area contributed by atoms with E-state index in [1.54, 1.807) is 18.2 Å². The van der Waals surface area contributed by atoms with Gasteiger partial charge >= 0.3 is 0 Å². The first-order valence-electron chi connectivity index (χ1n) is 14.1. The van der Waals surface area contributed by atoms with Crippen LogP contribution in [0.1, 0.15) is 30.5 Å². The Balaban J connectivity index is 1.81. The third-order valence-corrected chi connectivity index (χ3v) is 8.64. The van der Waals surface area contributed by atoms with Crippen LogP contribution < -0.4 is 9.62 Å². The molecule has 7 nitrogen and oxygen atoms in total. The Morgan fingerprint density at radius 3 is 2.05 bits per heavy atom. The van der Waals surface area contributed by atoms with Crippen LogP contribution >= 0.6 is 0 Å². The highest BCUT2D eigenvalue weighted by Crippen LogP contribution is 2.27. The molecule has 0 fully saturated rings. The van der Waals surface area contributed by atoms with Crippen LogP contribution in [-0.2, 0) is 32.6 Å². The predicted molar refractivity (Wildman–Crippen MR) is 166 cm³/mol. The van der Waals surface area contributed by atoms with Crippen molar-refractivity contribution in [1.82, 2.24) is 10.2 Å². The monoisotopic (exact) mass is 601 g/mol. The molecule has 0 saturated carbocycles. The lowest BCUT2D eigenvalue weighted by atomic mass is 10.0. The normalized spacial score (nSPS) is 12.0. The smallest absolute Gasteiger partial charge is 0.264 e. The SMILES string of the molecule is Cc1cccc(CN(C(=O)CN(c2ccccc2F)S(=O)(=O)c2ccccc2)[C@@H](Cc2ccccc2)C(=O)NC(C)C)c1. The van der Waals surface area contributed by atoms with E-state index in [4.69, 9.17) is 0 Å². The Morgan fingerprint density at radius 2 is 1.42 bits per heavy atom. The van der Waals surface area contributed by atoms with Gasteiger partial charge in [0.15, 0.2) is 0 Å². The maximum Gasteiger partial charge on any atom is 0.264 e. The molecule has 1 atom stereocenters. The van der Waals surface area contributed by atoms with Crippen LogP contribution in [0.25, 0.3) is 0 Å². The number of rotatable bonds is 12. The second kappa shape index (κ2) is 14.1. The van der Waals surface area contributed by atoms with Crippen molar-refractivity contribution in [2.24, 2.45) is 0 Å². The van der Waals surface area contributed by atoms with Gasteiger partial charge in [-0.05, 0) is 56.2 Å². The summed E-state index contributed by atoms with van der Waals surface area (Å²) < 4.78 is 43.7. The van der Waals surface area contributed by atoms with Gasteiger partial charge in [0.1, 0.15) is 18.4 Å². The topological polar surface area (TPSA) is 86.8 Å². The minimum atomic E-state index is -4.36. The molecule has 4 rings (SSSR count). The molecule has 0 unspecified atom stereocenters. The largest absolute Gasteiger partial charge is 0.352 e. The third-order valence-electron chi connectivity index (χ3n) is 6.87. The molecule has 0 aliphatic heterocycles. The molecule has 224 valence electrons. The molecule has 9 heteroatoms. The predicted octanol–water partition coefficient (Wildman–Crippen LogP) is 5.49. The van der Waals surface area contributed by atoms with Crippen LogP contribution in [0, 0.1) is 12.7 Å². The van der Waals surface area contributed by atoms with E-state index in [-0.39, 0.29) is 35.5 Å². The second-order valence-electron chi connectivity index (χ2n) is 10.7. The molecule has 4 aromatic rings. The van der Waals surface area contributed by atoms with Gasteiger partial charge in [-0.25, -0.2) is 12.8 Å². The van der Waals surface area contributed by atoms with Crippen molar-refractivity contribution in [2.75, 3.05) is 10.8 Å². The van der Waals surface area contributed by atoms with Crippen molar-refractivity contribution >= 4 is 27.5 Å². The maximum absolute atomic E-state index is 15.2. The number of benzene rings is 4. The molecule has 0 aliphatic carbocycles. The van der Waals surface area contributed by atoms with E-state index in [9.17, 15) is 18.0 Å². The van der Waals surface area contributed by atoms with Gasteiger partial charge in [0, 0.05) is 19.0 Å². The van der Waals surface area contributed by atoms with Gasteiger partial charge < -0.3 is 10.2 Å². The lowest BCUT2D eigenvalue weighted by Gasteiger charge is -2.34. The molecule has 4 aromatic carbocycles. The van der Waals surface area contributed by atoms with E-state index in [0.29, 0.717) is 0 Å². The molecule has 0 heterocycles. The van der Waals surface area contributed by atoms with Crippen molar-refractivity contribution in [3.8, 4) is 0 Å². The van der Waals surface area contributed by atoms with Crippen LogP contribution in [0.2, 0.25) is 0 Å². The zero-order chi connectivity index (χ0) is 31.0. The number of hydrogen-bond acceptors (Lipinski definition) is 4. The van der Waals surface area contributed by atoms with E-state index in [0.717, 1.165) is 27.1 Å². The van der Waals surface area contributed by atoms with Crippen molar-refractivity contribution in [2.45, 2.75) is 50.7 Å². The summed E-state index contributed by atoms with van der Waals surface area (Å²) >= 11 is 0. The average Bonchev–Trinajstić information content (AvgIpc) is 2.98. The summed E-state index contributed by atoms with van der Waals surface area (Å²) in [5.41, 5.74) is 2.31. The van der Waals surface area contributed by atoms with Gasteiger partial charge in [-0.1, -0.05) is 90.5 Å². The lowest BCUT2D eigenvalue weighted by Crippen LogP contribution is -2.54. The van der Waals surface area contributed by atoms with E-state index < -0.39 is 34.3 Å². The van der Waals surface area contributed by atoms with Crippen molar-refractivity contribution in [3.63, 3.8) is 0 Å². The molecule has 1 N–H and O–H groups in total. The summed E-state index contributed by atoms with van der Waals surface area (Å²) in [5.74, 6) is -1.81. The number of nitrogens with one attached hydrogen (secondary N) is 1. The van der Waals surface area contributed by atoms with Crippen LogP contribution in [0.5, 0.6) is 0 Å². The zero-order valence-corrected chi connectivity index (χ0v) is 25.3. The Kier molecular flexibility index (Phi) is 10.3. The van der Waals surface area contributed by atoms with Crippen molar-refractivity contribution < 1.29 is 22.4 Å². The first-order valence-corrected chi connectivity index (χ1v) is 15.5. The van der Waals surface area contributed by atoms with Gasteiger partial charge in [-0.2, -0.15) is 0 Å². The minimum Gasteiger partial charge on any atom is -0.352 e. The summed E-state index contributed by atoms with van der Waals surface area (Å²) in [6, 6.07) is 28.7. The Morgan fingerprint density at radius 1 is 0.814 bits per heavy atom. The molecule has 2 amide bonds. The number of carbonyl (C=O) groups is 2. The Bertz CT molecular complexity index is 1650. The Labute approximate surface area is 253 Å². The van der Waals surface area contributed by atoms with Gasteiger partial charge in [-0.3, -0.25) is 13.9 Å². The van der Waals surface area contributed by atoms with Gasteiger partial charge in [-0.15, -0.1) is 0 Å². The molecular weight excluding hydrogens is 565 g/mol. The van der Waals surface area contributed by atoms with Crippen molar-refractivity contribution in [1.29, 1.82) is 0 Å². The highest BCUT2D eigenvalue weighted by molar-refractivity contribution is 7.92. The lowest BCUT2D eigenvalue weighted by molar-refractivity contribution is -0.140. The van der Waals surface area contributed by atoms with E-state index in [1.807, 2.05) is 75.4 Å². The number of sulfonamides is 1. The highest BCUT2D eigenvalue weighted by atomic mass is 32.2. The number of halogens is 1. The van der Waals surface area contributed by atoms with Gasteiger partial charge in [0.05, 0.1) is 10.6 Å². The molecule has 0 saturated heterocycles. The minimum absolute atomic E-state index is 0.0417. The van der Waals surface area contributed by atoms with E-state index in [2.05, 4.69) is 5.32 Å². The summed E-state index contributed by atoms with van der Waals surface area (Å²) in [6.07, 6.45) is 0.197. The quantitative estimate of drug-likeness (QED) is 0.233. The number of aryl methyl sites for hydroxylation is 1. The fraction of sp³-hybridized carbons (Fsp3) is 0.235. The van der Waals surface area contributed by atoms with Crippen LogP contribution in [0.3, 0.4) is 0 Å². The Hall–Kier alpha value is -4.50. The van der Waals surface area contributed by atoms with E-state index in [1.165, 1.54) is 35.2 Å². The maximum atomic E-state index is 15.2. The molecule has 0 bridgehead atoms. The number of hydrogen-bond donors (Lipinski definition) is 1. The summed E-state index contributed by atoms with van der Waals surface area (Å²) in [5, 5.41) is 2.92. The standard InChI is InChI=1S/C34H36FN3O4S/c1-25(2)36-34(40)32(22-27-14-6-4-7-15-27)37(23-28-16-12-13-26(3)21-28)33(39)24-38(31-20-11-10-19-30(31)35)43(41,42)29-17-8-5-9-18-29/h4-21,25,32H,22-24H2,1-3H3,(H,36,40)/t32-/m0/s1. The molecule has 43 heavy (non-hydrogen) atoms. The fourth-order valence-corrected chi connectivity index (χ4v) is 6.27. The average molecular weight is 602 g/mol. The highest BCUT2D eigenvalue weighted by Gasteiger charge is 2.35. The third kappa shape index (κ3) is 8.08. The molecule has 0 spiro atoms. The summed E-state index contributed by atoms with van der Waals surface area (Å²) in [6.45, 7) is 4.91. The molecular formula is C34H36FN3O4S. The fourth-order valence-electron chi connectivity index (χ4n) is 4.83. The molecule has 0 aromatic heterocycles. The number of amides is 2. The van der Waals surface area contributed by atoms with Crippen LogP contribution in [-0.4, -0.2) is 43.8 Å². The number of nitrogens with zero attached hydrogens (tertiary/aromatic N) is 2. The first-order chi connectivity index (χ1) is 20.6.